The van der Waals surface area contributed by atoms with Crippen molar-refractivity contribution in [3.05, 3.63) is 44.1 Å². The summed E-state index contributed by atoms with van der Waals surface area (Å²) in [6.45, 7) is 4.49. The van der Waals surface area contributed by atoms with Crippen LogP contribution >= 0.6 is 56.7 Å². The molecule has 0 saturated heterocycles. The predicted octanol–water partition coefficient (Wildman–Crippen LogP) is 8.45. The minimum absolute atomic E-state index is 1.23. The molecular weight excluding hydrogens is 425 g/mol. The van der Waals surface area contributed by atoms with Gasteiger partial charge in [0.1, 0.15) is 0 Å². The van der Waals surface area contributed by atoms with Crippen LogP contribution in [0.25, 0.3) is 38.3 Å². The number of rotatable bonds is 0. The average molecular weight is 441 g/mol. The summed E-state index contributed by atoms with van der Waals surface area (Å²) >= 11 is 10.2. The van der Waals surface area contributed by atoms with Crippen LogP contribution in [0.4, 0.5) is 0 Å². The van der Waals surface area contributed by atoms with Crippen LogP contribution in [0.2, 0.25) is 0 Å². The Morgan fingerprint density at radius 1 is 0.519 bits per heavy atom. The van der Waals surface area contributed by atoms with Crippen molar-refractivity contribution < 1.29 is 0 Å². The lowest BCUT2D eigenvalue weighted by Crippen LogP contribution is -2.05. The first-order valence-corrected chi connectivity index (χ1v) is 13.4. The van der Waals surface area contributed by atoms with Crippen molar-refractivity contribution >= 4 is 75.5 Å². The zero-order valence-corrected chi connectivity index (χ0v) is 19.1. The molecule has 0 unspecified atom stereocenters. The first kappa shape index (κ1) is 15.9. The lowest BCUT2D eigenvalue weighted by molar-refractivity contribution is 0.900. The Hall–Kier alpha value is -0.980. The molecule has 5 heterocycles. The van der Waals surface area contributed by atoms with E-state index in [0.717, 1.165) is 0 Å². The fourth-order valence-corrected chi connectivity index (χ4v) is 11.8. The highest BCUT2D eigenvalue weighted by Gasteiger charge is 2.32. The second-order valence-electron chi connectivity index (χ2n) is 7.64. The monoisotopic (exact) mass is 440 g/mol. The predicted molar refractivity (Wildman–Crippen MR) is 126 cm³/mol. The molecule has 0 saturated carbocycles. The van der Waals surface area contributed by atoms with Gasteiger partial charge in [0.2, 0.25) is 0 Å². The van der Waals surface area contributed by atoms with Gasteiger partial charge in [0.15, 0.2) is 0 Å². The van der Waals surface area contributed by atoms with Gasteiger partial charge in [-0.15, -0.1) is 56.7 Å². The van der Waals surface area contributed by atoms with E-state index in [4.69, 9.17) is 0 Å². The van der Waals surface area contributed by atoms with Crippen molar-refractivity contribution in [2.45, 2.75) is 39.5 Å². The zero-order chi connectivity index (χ0) is 17.9. The van der Waals surface area contributed by atoms with E-state index in [-0.39, 0.29) is 0 Å². The summed E-state index contributed by atoms with van der Waals surface area (Å²) in [7, 11) is 0. The van der Waals surface area contributed by atoms with Gasteiger partial charge in [-0.1, -0.05) is 0 Å². The van der Waals surface area contributed by atoms with Gasteiger partial charge in [-0.05, 0) is 73.9 Å². The molecule has 0 aromatic carbocycles. The number of aryl methyl sites for hydroxylation is 4. The maximum absolute atomic E-state index is 2.39. The molecule has 0 nitrogen and oxygen atoms in total. The molecule has 5 heteroatoms. The summed E-state index contributed by atoms with van der Waals surface area (Å²) in [5.74, 6) is 0. The fraction of sp³-hybridized carbons (Fsp3) is 0.273. The third kappa shape index (κ3) is 2.02. The standard InChI is InChI=1S/C22H16S5/c1-9-7-15-17(23-9)13-5-3-11-12-4-6-14-18-16(8-10(2)24-18)26-22(14)20(12)27-19(11)21(13)25-15/h7-8H,3-6H2,1-2H3. The first-order valence-electron chi connectivity index (χ1n) is 9.36. The molecule has 0 radical (unpaired) electrons. The molecule has 0 aliphatic heterocycles. The Bertz CT molecular complexity index is 1290. The van der Waals surface area contributed by atoms with E-state index >= 15 is 0 Å². The Morgan fingerprint density at radius 2 is 0.926 bits per heavy atom. The SMILES string of the molecule is Cc1cc2sc3c(c2s1)CCc1c-3sc2c1CCc1c-2sc2cc(C)sc12. The molecule has 0 spiro atoms. The van der Waals surface area contributed by atoms with Gasteiger partial charge in [-0.3, -0.25) is 0 Å². The summed E-state index contributed by atoms with van der Waals surface area (Å²) in [5, 5.41) is 0. The highest BCUT2D eigenvalue weighted by atomic mass is 32.1. The van der Waals surface area contributed by atoms with Crippen LogP contribution in [0.3, 0.4) is 0 Å². The second kappa shape index (κ2) is 5.33. The Morgan fingerprint density at radius 3 is 1.41 bits per heavy atom. The molecule has 0 atom stereocenters. The van der Waals surface area contributed by atoms with Gasteiger partial charge in [0.05, 0.1) is 0 Å². The van der Waals surface area contributed by atoms with Crippen molar-refractivity contribution in [1.82, 2.24) is 0 Å². The van der Waals surface area contributed by atoms with E-state index in [1.807, 2.05) is 45.3 Å². The van der Waals surface area contributed by atoms with Crippen molar-refractivity contribution in [1.29, 1.82) is 0 Å². The first-order chi connectivity index (χ1) is 13.2. The summed E-state index contributed by atoms with van der Waals surface area (Å²) in [5.41, 5.74) is 6.66. The molecule has 0 bridgehead atoms. The van der Waals surface area contributed by atoms with E-state index in [1.54, 1.807) is 51.2 Å². The second-order valence-corrected chi connectivity index (χ2v) is 13.3. The zero-order valence-electron chi connectivity index (χ0n) is 15.0. The number of fused-ring (bicyclic) bond motifs is 11. The molecule has 0 fully saturated rings. The largest absolute Gasteiger partial charge is 0.139 e. The van der Waals surface area contributed by atoms with Crippen molar-refractivity contribution in [3.63, 3.8) is 0 Å². The van der Waals surface area contributed by atoms with Gasteiger partial charge >= 0.3 is 0 Å². The van der Waals surface area contributed by atoms with Gasteiger partial charge in [-0.2, -0.15) is 0 Å². The van der Waals surface area contributed by atoms with Gasteiger partial charge in [0.25, 0.3) is 0 Å². The topological polar surface area (TPSA) is 0 Å². The number of hydrogen-bond donors (Lipinski definition) is 0. The Balaban J connectivity index is 1.49. The maximum atomic E-state index is 2.39. The summed E-state index contributed by atoms with van der Waals surface area (Å²) in [6, 6.07) is 4.79. The minimum Gasteiger partial charge on any atom is -0.139 e. The van der Waals surface area contributed by atoms with Crippen LogP contribution < -0.4 is 0 Å². The van der Waals surface area contributed by atoms with E-state index < -0.39 is 0 Å². The molecule has 5 aromatic heterocycles. The van der Waals surface area contributed by atoms with E-state index in [1.165, 1.54) is 44.8 Å². The molecule has 2 aliphatic rings. The molecule has 0 amide bonds. The quantitative estimate of drug-likeness (QED) is 0.226. The number of hydrogen-bond acceptors (Lipinski definition) is 5. The van der Waals surface area contributed by atoms with Crippen LogP contribution in [-0.2, 0) is 25.7 Å². The van der Waals surface area contributed by atoms with Crippen LogP contribution in [0, 0.1) is 13.8 Å². The minimum atomic E-state index is 1.23. The third-order valence-corrected chi connectivity index (χ3v) is 12.4. The van der Waals surface area contributed by atoms with Crippen molar-refractivity contribution in [2.75, 3.05) is 0 Å². The Kier molecular flexibility index (Phi) is 3.14. The number of thiophene rings is 5. The fourth-order valence-electron chi connectivity index (χ4n) is 4.82. The van der Waals surface area contributed by atoms with E-state index in [0.29, 0.717) is 0 Å². The molecule has 0 N–H and O–H groups in total. The van der Waals surface area contributed by atoms with Crippen LogP contribution in [0.15, 0.2) is 12.1 Å². The van der Waals surface area contributed by atoms with Crippen molar-refractivity contribution in [2.24, 2.45) is 0 Å². The molecule has 27 heavy (non-hydrogen) atoms. The van der Waals surface area contributed by atoms with Crippen LogP contribution in [0.5, 0.6) is 0 Å². The third-order valence-electron chi connectivity index (χ3n) is 5.94. The Labute approximate surface area is 177 Å². The molecule has 5 aromatic rings. The van der Waals surface area contributed by atoms with Crippen molar-refractivity contribution in [3.8, 4) is 19.5 Å². The average Bonchev–Trinajstić information content (AvgIpc) is 3.38. The maximum Gasteiger partial charge on any atom is 0.0498 e. The molecule has 134 valence electrons. The smallest absolute Gasteiger partial charge is 0.0498 e. The molecule has 7 rings (SSSR count). The van der Waals surface area contributed by atoms with E-state index in [9.17, 15) is 0 Å². The highest BCUT2D eigenvalue weighted by molar-refractivity contribution is 7.34. The summed E-state index contributed by atoms with van der Waals surface area (Å²) < 4.78 is 6.15. The highest BCUT2D eigenvalue weighted by Crippen LogP contribution is 2.56. The molecule has 2 aliphatic carbocycles. The lowest BCUT2D eigenvalue weighted by Gasteiger charge is -2.16. The molecular formula is C22H16S5. The van der Waals surface area contributed by atoms with Crippen LogP contribution in [0.1, 0.15) is 32.0 Å². The van der Waals surface area contributed by atoms with E-state index in [2.05, 4.69) is 37.3 Å². The van der Waals surface area contributed by atoms with Gasteiger partial charge in [0, 0.05) is 48.1 Å². The van der Waals surface area contributed by atoms with Gasteiger partial charge in [-0.25, -0.2) is 0 Å². The summed E-state index contributed by atoms with van der Waals surface area (Å²) in [6.07, 6.45) is 4.95. The normalized spacial score (nSPS) is 15.2. The summed E-state index contributed by atoms with van der Waals surface area (Å²) in [4.78, 5) is 9.30. The lowest BCUT2D eigenvalue weighted by atomic mass is 9.88. The van der Waals surface area contributed by atoms with Crippen LogP contribution in [-0.4, -0.2) is 0 Å². The van der Waals surface area contributed by atoms with Gasteiger partial charge < -0.3 is 0 Å².